The van der Waals surface area contributed by atoms with Gasteiger partial charge in [-0.3, -0.25) is 0 Å². The summed E-state index contributed by atoms with van der Waals surface area (Å²) in [5, 5.41) is -0.826. The van der Waals surface area contributed by atoms with Crippen molar-refractivity contribution in [3.05, 3.63) is 0 Å². The Morgan fingerprint density at radius 1 is 1.09 bits per heavy atom. The maximum Gasteiger partial charge on any atom is 0.228 e. The second kappa shape index (κ2) is 3.08. The number of hydrogen-bond acceptors (Lipinski definition) is 4. The Hall–Kier alpha value is -0.140. The van der Waals surface area contributed by atoms with E-state index < -0.39 is 24.9 Å². The first-order valence-electron chi connectivity index (χ1n) is 2.73. The summed E-state index contributed by atoms with van der Waals surface area (Å²) in [6.45, 7) is 0. The number of sulfone groups is 1. The van der Waals surface area contributed by atoms with Crippen molar-refractivity contribution in [2.45, 2.75) is 0 Å². The van der Waals surface area contributed by atoms with Gasteiger partial charge in [-0.05, 0) is 0 Å². The van der Waals surface area contributed by atoms with Gasteiger partial charge in [0.1, 0.15) is 0 Å². The highest BCUT2D eigenvalue weighted by atomic mass is 32.3. The molecule has 68 valence electrons. The number of hydrogen-bond donors (Lipinski definition) is 0. The van der Waals surface area contributed by atoms with Gasteiger partial charge in [0, 0.05) is 20.4 Å². The largest absolute Gasteiger partial charge is 0.228 e. The summed E-state index contributed by atoms with van der Waals surface area (Å²) in [4.78, 5) is 0. The SMILES string of the molecule is CN(C)S(=O)(=O)CS(C)(=O)=O. The second-order valence-corrected chi connectivity index (χ2v) is 7.13. The van der Waals surface area contributed by atoms with Crippen molar-refractivity contribution >= 4 is 19.9 Å². The molecule has 0 saturated carbocycles. The van der Waals surface area contributed by atoms with Crippen LogP contribution in [-0.4, -0.2) is 46.6 Å². The van der Waals surface area contributed by atoms with Crippen LogP contribution in [0.5, 0.6) is 0 Å². The average molecular weight is 201 g/mol. The highest BCUT2D eigenvalue weighted by molar-refractivity contribution is 8.06. The summed E-state index contributed by atoms with van der Waals surface area (Å²) >= 11 is 0. The molecule has 0 aromatic heterocycles. The molecule has 0 amide bonds. The third-order valence-electron chi connectivity index (χ3n) is 0.919. The van der Waals surface area contributed by atoms with Crippen LogP contribution in [0.4, 0.5) is 0 Å². The van der Waals surface area contributed by atoms with Crippen molar-refractivity contribution in [1.29, 1.82) is 0 Å². The van der Waals surface area contributed by atoms with Crippen molar-refractivity contribution < 1.29 is 16.8 Å². The third-order valence-corrected chi connectivity index (χ3v) is 4.94. The fraction of sp³-hybridized carbons (Fsp3) is 1.00. The summed E-state index contributed by atoms with van der Waals surface area (Å²) in [6, 6.07) is 0. The number of nitrogens with zero attached hydrogens (tertiary/aromatic N) is 1. The Kier molecular flexibility index (Phi) is 3.04. The topological polar surface area (TPSA) is 71.5 Å². The fourth-order valence-corrected chi connectivity index (χ4v) is 3.38. The van der Waals surface area contributed by atoms with Crippen LogP contribution in [0.25, 0.3) is 0 Å². The average Bonchev–Trinajstić information content (AvgIpc) is 1.56. The van der Waals surface area contributed by atoms with E-state index in [0.29, 0.717) is 0 Å². The Morgan fingerprint density at radius 3 is 1.55 bits per heavy atom. The maximum atomic E-state index is 10.9. The van der Waals surface area contributed by atoms with Gasteiger partial charge in [0.25, 0.3) is 0 Å². The van der Waals surface area contributed by atoms with Gasteiger partial charge in [-0.25, -0.2) is 21.1 Å². The van der Waals surface area contributed by atoms with Gasteiger partial charge in [-0.1, -0.05) is 0 Å². The van der Waals surface area contributed by atoms with E-state index in [1.165, 1.54) is 14.1 Å². The summed E-state index contributed by atoms with van der Waals surface area (Å²) < 4.78 is 43.8. The zero-order valence-corrected chi connectivity index (χ0v) is 8.24. The zero-order valence-electron chi connectivity index (χ0n) is 6.60. The minimum atomic E-state index is -3.61. The molecule has 0 fully saturated rings. The van der Waals surface area contributed by atoms with E-state index >= 15 is 0 Å². The highest BCUT2D eigenvalue weighted by Crippen LogP contribution is 1.97. The lowest BCUT2D eigenvalue weighted by Gasteiger charge is -2.08. The van der Waals surface area contributed by atoms with Crippen LogP contribution >= 0.6 is 0 Å². The first-order valence-corrected chi connectivity index (χ1v) is 6.40. The minimum Gasteiger partial charge on any atom is -0.228 e. The molecule has 0 radical (unpaired) electrons. The Balaban J connectivity index is 4.68. The molecule has 0 aromatic rings. The Labute approximate surface area is 67.0 Å². The van der Waals surface area contributed by atoms with Crippen molar-refractivity contribution in [2.75, 3.05) is 25.4 Å². The molecule has 5 nitrogen and oxygen atoms in total. The van der Waals surface area contributed by atoms with Gasteiger partial charge < -0.3 is 0 Å². The quantitative estimate of drug-likeness (QED) is 0.580. The summed E-state index contributed by atoms with van der Waals surface area (Å²) in [5.74, 6) is 0. The van der Waals surface area contributed by atoms with E-state index in [9.17, 15) is 16.8 Å². The molecule has 0 N–H and O–H groups in total. The van der Waals surface area contributed by atoms with Gasteiger partial charge >= 0.3 is 0 Å². The van der Waals surface area contributed by atoms with E-state index in [1.54, 1.807) is 0 Å². The molecule has 7 heteroatoms. The molecule has 0 unspecified atom stereocenters. The normalized spacial score (nSPS) is 13.8. The molecule has 0 bridgehead atoms. The fourth-order valence-electron chi connectivity index (χ4n) is 0.376. The smallest absolute Gasteiger partial charge is 0.228 e. The van der Waals surface area contributed by atoms with Gasteiger partial charge in [0.05, 0.1) is 0 Å². The summed E-state index contributed by atoms with van der Waals surface area (Å²) in [5.41, 5.74) is 0. The van der Waals surface area contributed by atoms with Crippen LogP contribution < -0.4 is 0 Å². The van der Waals surface area contributed by atoms with Gasteiger partial charge in [0.2, 0.25) is 10.0 Å². The van der Waals surface area contributed by atoms with Crippen LogP contribution in [0.2, 0.25) is 0 Å². The number of rotatable bonds is 3. The molecule has 0 saturated heterocycles. The van der Waals surface area contributed by atoms with E-state index in [0.717, 1.165) is 10.6 Å². The minimum absolute atomic E-state index is 0.826. The Morgan fingerprint density at radius 2 is 1.45 bits per heavy atom. The first-order chi connectivity index (χ1) is 4.65. The van der Waals surface area contributed by atoms with Crippen LogP contribution in [0.3, 0.4) is 0 Å². The van der Waals surface area contributed by atoms with Gasteiger partial charge in [-0.2, -0.15) is 0 Å². The Bertz CT molecular complexity index is 312. The van der Waals surface area contributed by atoms with Crippen LogP contribution in [0, 0.1) is 0 Å². The predicted octanol–water partition coefficient (Wildman–Crippen LogP) is -1.12. The zero-order chi connectivity index (χ0) is 9.28. The van der Waals surface area contributed by atoms with Crippen molar-refractivity contribution in [3.8, 4) is 0 Å². The molecule has 0 heterocycles. The van der Waals surface area contributed by atoms with Crippen molar-refractivity contribution in [1.82, 2.24) is 4.31 Å². The lowest BCUT2D eigenvalue weighted by atomic mass is 11.3. The van der Waals surface area contributed by atoms with Crippen LogP contribution in [0.1, 0.15) is 0 Å². The van der Waals surface area contributed by atoms with E-state index in [1.807, 2.05) is 0 Å². The summed E-state index contributed by atoms with van der Waals surface area (Å²) in [6.07, 6.45) is 0.883. The molecule has 0 aliphatic heterocycles. The molecule has 0 rings (SSSR count). The van der Waals surface area contributed by atoms with Crippen molar-refractivity contribution in [2.24, 2.45) is 0 Å². The maximum absolute atomic E-state index is 10.9. The van der Waals surface area contributed by atoms with E-state index in [2.05, 4.69) is 0 Å². The summed E-state index contributed by atoms with van der Waals surface area (Å²) in [7, 11) is -4.48. The molecular weight excluding hydrogens is 190 g/mol. The van der Waals surface area contributed by atoms with Crippen molar-refractivity contribution in [3.63, 3.8) is 0 Å². The molecule has 0 spiro atoms. The second-order valence-electron chi connectivity index (χ2n) is 2.44. The number of sulfonamides is 1. The highest BCUT2D eigenvalue weighted by Gasteiger charge is 2.19. The van der Waals surface area contributed by atoms with E-state index in [-0.39, 0.29) is 0 Å². The molecular formula is C4H11NO4S2. The van der Waals surface area contributed by atoms with Gasteiger partial charge in [-0.15, -0.1) is 0 Å². The first kappa shape index (κ1) is 10.9. The lowest BCUT2D eigenvalue weighted by molar-refractivity contribution is 0.524. The molecule has 0 aliphatic carbocycles. The lowest BCUT2D eigenvalue weighted by Crippen LogP contribution is -2.28. The molecule has 11 heavy (non-hydrogen) atoms. The predicted molar refractivity (Wildman–Crippen MR) is 42.3 cm³/mol. The molecule has 0 aromatic carbocycles. The standard InChI is InChI=1S/C4H11NO4S2/c1-5(2)11(8,9)4-10(3,6)7/h4H2,1-3H3. The van der Waals surface area contributed by atoms with Crippen LogP contribution in [-0.2, 0) is 19.9 Å². The third kappa shape index (κ3) is 4.33. The molecule has 0 aliphatic rings. The van der Waals surface area contributed by atoms with Crippen LogP contribution in [0.15, 0.2) is 0 Å². The molecule has 0 atom stereocenters. The van der Waals surface area contributed by atoms with E-state index in [4.69, 9.17) is 0 Å². The van der Waals surface area contributed by atoms with Gasteiger partial charge in [0.15, 0.2) is 14.9 Å². The monoisotopic (exact) mass is 201 g/mol.